The monoisotopic (exact) mass is 322 g/mol. The van der Waals surface area contributed by atoms with E-state index in [0.29, 0.717) is 17.8 Å². The molecule has 6 heteroatoms. The van der Waals surface area contributed by atoms with Crippen LogP contribution < -0.4 is 11.1 Å². The molecule has 0 saturated carbocycles. The van der Waals surface area contributed by atoms with E-state index in [1.165, 1.54) is 0 Å². The second kappa shape index (κ2) is 5.88. The largest absolute Gasteiger partial charge is 0.398 e. The molecule has 0 aliphatic carbocycles. The summed E-state index contributed by atoms with van der Waals surface area (Å²) >= 11 is 3.31. The summed E-state index contributed by atoms with van der Waals surface area (Å²) in [5, 5.41) is 6.95. The molecule has 100 valence electrons. The minimum Gasteiger partial charge on any atom is -0.398 e. The lowest BCUT2D eigenvalue weighted by atomic mass is 10.2. The molecule has 1 amide bonds. The molecular weight excluding hydrogens is 308 g/mol. The Hall–Kier alpha value is -1.82. The van der Waals surface area contributed by atoms with Crippen molar-refractivity contribution >= 4 is 27.5 Å². The first-order valence-electron chi connectivity index (χ1n) is 5.88. The van der Waals surface area contributed by atoms with Gasteiger partial charge in [0.1, 0.15) is 0 Å². The van der Waals surface area contributed by atoms with Crippen molar-refractivity contribution in [2.45, 2.75) is 6.42 Å². The van der Waals surface area contributed by atoms with E-state index in [0.717, 1.165) is 16.6 Å². The molecule has 1 heterocycles. The van der Waals surface area contributed by atoms with E-state index in [2.05, 4.69) is 26.3 Å². The highest BCUT2D eigenvalue weighted by Gasteiger charge is 2.07. The van der Waals surface area contributed by atoms with E-state index in [1.54, 1.807) is 29.1 Å². The van der Waals surface area contributed by atoms with Gasteiger partial charge >= 0.3 is 0 Å². The second-order valence-corrected chi connectivity index (χ2v) is 5.04. The molecule has 19 heavy (non-hydrogen) atoms. The quantitative estimate of drug-likeness (QED) is 0.842. The summed E-state index contributed by atoms with van der Waals surface area (Å²) in [7, 11) is 1.88. The number of amides is 1. The molecule has 0 aliphatic heterocycles. The topological polar surface area (TPSA) is 72.9 Å². The Morgan fingerprint density at radius 1 is 1.47 bits per heavy atom. The number of halogens is 1. The molecular formula is C13H15BrN4O. The normalized spacial score (nSPS) is 10.4. The predicted octanol–water partition coefficient (Wildman–Crippen LogP) is 1.74. The van der Waals surface area contributed by atoms with Crippen LogP contribution in [0, 0.1) is 0 Å². The first-order valence-corrected chi connectivity index (χ1v) is 6.67. The molecule has 0 fully saturated rings. The summed E-state index contributed by atoms with van der Waals surface area (Å²) in [6.45, 7) is 0.570. The van der Waals surface area contributed by atoms with Crippen molar-refractivity contribution in [3.8, 4) is 0 Å². The summed E-state index contributed by atoms with van der Waals surface area (Å²) in [5.74, 6) is -0.108. The van der Waals surface area contributed by atoms with Gasteiger partial charge in [0, 0.05) is 47.6 Å². The SMILES string of the molecule is Cn1nccc1CCNC(=O)c1ccc(N)c(Br)c1. The van der Waals surface area contributed by atoms with Gasteiger partial charge in [-0.1, -0.05) is 0 Å². The lowest BCUT2D eigenvalue weighted by Gasteiger charge is -2.07. The molecule has 0 radical (unpaired) electrons. The van der Waals surface area contributed by atoms with Crippen molar-refractivity contribution in [2.75, 3.05) is 12.3 Å². The zero-order chi connectivity index (χ0) is 13.8. The summed E-state index contributed by atoms with van der Waals surface area (Å²) in [6.07, 6.45) is 2.49. The number of hydrogen-bond donors (Lipinski definition) is 2. The number of nitrogens with two attached hydrogens (primary N) is 1. The van der Waals surface area contributed by atoms with Gasteiger partial charge in [-0.15, -0.1) is 0 Å². The number of aryl methyl sites for hydroxylation is 1. The highest BCUT2D eigenvalue weighted by Crippen LogP contribution is 2.20. The Labute approximate surface area is 119 Å². The van der Waals surface area contributed by atoms with E-state index in [-0.39, 0.29) is 5.91 Å². The van der Waals surface area contributed by atoms with Crippen LogP contribution in [0.2, 0.25) is 0 Å². The molecule has 0 atom stereocenters. The summed E-state index contributed by atoms with van der Waals surface area (Å²) < 4.78 is 2.53. The zero-order valence-corrected chi connectivity index (χ0v) is 12.1. The number of nitrogens with one attached hydrogen (secondary N) is 1. The molecule has 2 rings (SSSR count). The van der Waals surface area contributed by atoms with Gasteiger partial charge in [0.25, 0.3) is 5.91 Å². The molecule has 0 spiro atoms. The Kier molecular flexibility index (Phi) is 4.21. The Morgan fingerprint density at radius 2 is 2.26 bits per heavy atom. The third kappa shape index (κ3) is 3.35. The number of nitrogens with zero attached hydrogens (tertiary/aromatic N) is 2. The van der Waals surface area contributed by atoms with Crippen LogP contribution in [0.3, 0.4) is 0 Å². The van der Waals surface area contributed by atoms with Crippen molar-refractivity contribution in [1.82, 2.24) is 15.1 Å². The fraction of sp³-hybridized carbons (Fsp3) is 0.231. The molecule has 5 nitrogen and oxygen atoms in total. The lowest BCUT2D eigenvalue weighted by Crippen LogP contribution is -2.26. The Balaban J connectivity index is 1.91. The summed E-state index contributed by atoms with van der Waals surface area (Å²) in [6, 6.07) is 7.07. The number of hydrogen-bond acceptors (Lipinski definition) is 3. The minimum atomic E-state index is -0.108. The molecule has 0 unspecified atom stereocenters. The molecule has 0 aliphatic rings. The molecule has 3 N–H and O–H groups in total. The predicted molar refractivity (Wildman–Crippen MR) is 77.8 cm³/mol. The van der Waals surface area contributed by atoms with Crippen LogP contribution in [0.1, 0.15) is 16.1 Å². The fourth-order valence-electron chi connectivity index (χ4n) is 1.72. The first kappa shape index (κ1) is 13.6. The van der Waals surface area contributed by atoms with Crippen LogP contribution in [0.15, 0.2) is 34.9 Å². The van der Waals surface area contributed by atoms with Gasteiger partial charge in [-0.05, 0) is 40.2 Å². The molecule has 1 aromatic heterocycles. The van der Waals surface area contributed by atoms with E-state index in [4.69, 9.17) is 5.73 Å². The standard InChI is InChI=1S/C13H15BrN4O/c1-18-10(5-7-17-18)4-6-16-13(19)9-2-3-12(15)11(14)8-9/h2-3,5,7-8H,4,6,15H2,1H3,(H,16,19). The van der Waals surface area contributed by atoms with Crippen LogP contribution in [-0.4, -0.2) is 22.2 Å². The van der Waals surface area contributed by atoms with Crippen molar-refractivity contribution in [3.63, 3.8) is 0 Å². The van der Waals surface area contributed by atoms with E-state index in [1.807, 2.05) is 13.1 Å². The maximum atomic E-state index is 11.9. The zero-order valence-electron chi connectivity index (χ0n) is 10.6. The molecule has 0 saturated heterocycles. The maximum Gasteiger partial charge on any atom is 0.251 e. The molecule has 1 aromatic carbocycles. The smallest absolute Gasteiger partial charge is 0.251 e. The fourth-order valence-corrected chi connectivity index (χ4v) is 2.10. The number of aromatic nitrogens is 2. The first-order chi connectivity index (χ1) is 9.08. The van der Waals surface area contributed by atoms with Crippen molar-refractivity contribution in [2.24, 2.45) is 7.05 Å². The minimum absolute atomic E-state index is 0.108. The van der Waals surface area contributed by atoms with Gasteiger partial charge in [0.05, 0.1) is 0 Å². The number of anilines is 1. The number of carbonyl (C=O) groups is 1. The average molecular weight is 323 g/mol. The van der Waals surface area contributed by atoms with E-state index >= 15 is 0 Å². The van der Waals surface area contributed by atoms with E-state index < -0.39 is 0 Å². The average Bonchev–Trinajstić information content (AvgIpc) is 2.78. The van der Waals surface area contributed by atoms with Crippen molar-refractivity contribution in [1.29, 1.82) is 0 Å². The molecule has 2 aromatic rings. The van der Waals surface area contributed by atoms with Gasteiger partial charge < -0.3 is 11.1 Å². The van der Waals surface area contributed by atoms with Gasteiger partial charge in [-0.25, -0.2) is 0 Å². The maximum absolute atomic E-state index is 11.9. The Morgan fingerprint density at radius 3 is 2.89 bits per heavy atom. The van der Waals surface area contributed by atoms with Crippen molar-refractivity contribution < 1.29 is 4.79 Å². The molecule has 0 bridgehead atoms. The van der Waals surface area contributed by atoms with Crippen LogP contribution in [0.25, 0.3) is 0 Å². The van der Waals surface area contributed by atoms with Crippen LogP contribution in [0.4, 0.5) is 5.69 Å². The second-order valence-electron chi connectivity index (χ2n) is 4.19. The number of benzene rings is 1. The Bertz CT molecular complexity index is 594. The van der Waals surface area contributed by atoms with Crippen molar-refractivity contribution in [3.05, 3.63) is 46.2 Å². The third-order valence-electron chi connectivity index (χ3n) is 2.85. The highest BCUT2D eigenvalue weighted by molar-refractivity contribution is 9.10. The van der Waals surface area contributed by atoms with Gasteiger partial charge in [-0.2, -0.15) is 5.10 Å². The van der Waals surface area contributed by atoms with Crippen LogP contribution >= 0.6 is 15.9 Å². The van der Waals surface area contributed by atoms with Crippen LogP contribution in [0.5, 0.6) is 0 Å². The summed E-state index contributed by atoms with van der Waals surface area (Å²) in [4.78, 5) is 11.9. The summed E-state index contributed by atoms with van der Waals surface area (Å²) in [5.41, 5.74) is 7.97. The highest BCUT2D eigenvalue weighted by atomic mass is 79.9. The number of nitrogen functional groups attached to an aromatic ring is 1. The lowest BCUT2D eigenvalue weighted by molar-refractivity contribution is 0.0954. The number of rotatable bonds is 4. The van der Waals surface area contributed by atoms with Crippen LogP contribution in [-0.2, 0) is 13.5 Å². The van der Waals surface area contributed by atoms with Gasteiger partial charge in [-0.3, -0.25) is 9.48 Å². The van der Waals surface area contributed by atoms with Gasteiger partial charge in [0.15, 0.2) is 0 Å². The van der Waals surface area contributed by atoms with E-state index in [9.17, 15) is 4.79 Å². The third-order valence-corrected chi connectivity index (χ3v) is 3.54. The number of carbonyl (C=O) groups excluding carboxylic acids is 1. The van der Waals surface area contributed by atoms with Gasteiger partial charge in [0.2, 0.25) is 0 Å².